The van der Waals surface area contributed by atoms with Crippen molar-refractivity contribution in [2.75, 3.05) is 0 Å². The number of nitrogens with zero attached hydrogens (tertiary/aromatic N) is 1. The molecule has 0 aliphatic heterocycles. The smallest absolute Gasteiger partial charge is 0.284 e. The molecule has 0 saturated carbocycles. The highest BCUT2D eigenvalue weighted by molar-refractivity contribution is 5.37. The van der Waals surface area contributed by atoms with Gasteiger partial charge in [0.1, 0.15) is 17.2 Å². The van der Waals surface area contributed by atoms with Crippen molar-refractivity contribution in [3.63, 3.8) is 0 Å². The molecule has 0 fully saturated rings. The lowest BCUT2D eigenvalue weighted by molar-refractivity contribution is 0.141. The second-order valence-corrected chi connectivity index (χ2v) is 2.30. The van der Waals surface area contributed by atoms with E-state index in [1.807, 2.05) is 0 Å². The average molecular weight is 175 g/mol. The van der Waals surface area contributed by atoms with Crippen LogP contribution in [-0.2, 0) is 0 Å². The van der Waals surface area contributed by atoms with Gasteiger partial charge in [0.25, 0.3) is 6.43 Å². The molecule has 0 saturated heterocycles. The molecule has 1 aromatic heterocycles. The van der Waals surface area contributed by atoms with E-state index in [2.05, 4.69) is 4.98 Å². The Balaban J connectivity index is 3.23. The number of hydrogen-bond donors (Lipinski definition) is 2. The molecule has 12 heavy (non-hydrogen) atoms. The van der Waals surface area contributed by atoms with Crippen molar-refractivity contribution < 1.29 is 19.0 Å². The Labute approximate surface area is 67.3 Å². The summed E-state index contributed by atoms with van der Waals surface area (Å²) in [7, 11) is 0. The van der Waals surface area contributed by atoms with Crippen LogP contribution in [0.2, 0.25) is 0 Å². The molecule has 0 aliphatic carbocycles. The lowest BCUT2D eigenvalue weighted by Crippen LogP contribution is -1.93. The number of rotatable bonds is 1. The zero-order valence-electron chi connectivity index (χ0n) is 6.25. The molecule has 0 unspecified atom stereocenters. The SMILES string of the molecule is Cc1nc(C(F)F)c(O)cc1O. The van der Waals surface area contributed by atoms with Gasteiger partial charge in [0, 0.05) is 6.07 Å². The Bertz CT molecular complexity index is 302. The summed E-state index contributed by atoms with van der Waals surface area (Å²) < 4.78 is 24.1. The van der Waals surface area contributed by atoms with Crippen LogP contribution in [-0.4, -0.2) is 15.2 Å². The van der Waals surface area contributed by atoms with Gasteiger partial charge in [-0.05, 0) is 6.92 Å². The summed E-state index contributed by atoms with van der Waals surface area (Å²) in [6.45, 7) is 1.38. The van der Waals surface area contributed by atoms with E-state index in [4.69, 9.17) is 10.2 Å². The van der Waals surface area contributed by atoms with E-state index in [9.17, 15) is 8.78 Å². The van der Waals surface area contributed by atoms with Crippen molar-refractivity contribution in [3.05, 3.63) is 17.5 Å². The number of halogens is 2. The van der Waals surface area contributed by atoms with E-state index in [1.54, 1.807) is 0 Å². The zero-order chi connectivity index (χ0) is 9.30. The molecular weight excluding hydrogens is 168 g/mol. The molecule has 0 bridgehead atoms. The van der Waals surface area contributed by atoms with E-state index in [1.165, 1.54) is 6.92 Å². The maximum Gasteiger partial charge on any atom is 0.284 e. The first-order valence-corrected chi connectivity index (χ1v) is 3.20. The second kappa shape index (κ2) is 2.92. The van der Waals surface area contributed by atoms with Crippen LogP contribution in [0.15, 0.2) is 6.07 Å². The van der Waals surface area contributed by atoms with Crippen LogP contribution in [0.3, 0.4) is 0 Å². The molecule has 0 spiro atoms. The highest BCUT2D eigenvalue weighted by Crippen LogP contribution is 2.30. The van der Waals surface area contributed by atoms with Crippen molar-refractivity contribution in [1.82, 2.24) is 4.98 Å². The van der Waals surface area contributed by atoms with Gasteiger partial charge in [-0.2, -0.15) is 0 Å². The first kappa shape index (κ1) is 8.70. The summed E-state index contributed by atoms with van der Waals surface area (Å²) in [4.78, 5) is 3.32. The molecule has 0 aromatic carbocycles. The van der Waals surface area contributed by atoms with Crippen molar-refractivity contribution in [2.24, 2.45) is 0 Å². The zero-order valence-corrected chi connectivity index (χ0v) is 6.25. The maximum absolute atomic E-state index is 12.0. The van der Waals surface area contributed by atoms with Gasteiger partial charge in [-0.25, -0.2) is 13.8 Å². The van der Waals surface area contributed by atoms with Crippen LogP contribution in [0.1, 0.15) is 17.8 Å². The molecule has 1 heterocycles. The Morgan fingerprint density at radius 2 is 1.92 bits per heavy atom. The molecule has 0 amide bonds. The monoisotopic (exact) mass is 175 g/mol. The van der Waals surface area contributed by atoms with Crippen molar-refractivity contribution >= 4 is 0 Å². The number of hydrogen-bond acceptors (Lipinski definition) is 3. The van der Waals surface area contributed by atoms with Gasteiger partial charge in [0.15, 0.2) is 0 Å². The molecule has 5 heteroatoms. The summed E-state index contributed by atoms with van der Waals surface area (Å²) in [5.74, 6) is -0.981. The van der Waals surface area contributed by atoms with Gasteiger partial charge in [-0.3, -0.25) is 0 Å². The van der Waals surface area contributed by atoms with Crippen LogP contribution in [0, 0.1) is 6.92 Å². The van der Waals surface area contributed by atoms with Crippen molar-refractivity contribution in [1.29, 1.82) is 0 Å². The molecule has 0 aliphatic rings. The largest absolute Gasteiger partial charge is 0.506 e. The van der Waals surface area contributed by atoms with E-state index in [0.717, 1.165) is 6.07 Å². The van der Waals surface area contributed by atoms with E-state index in [0.29, 0.717) is 0 Å². The van der Waals surface area contributed by atoms with Crippen LogP contribution in [0.4, 0.5) is 8.78 Å². The van der Waals surface area contributed by atoms with Crippen molar-refractivity contribution in [2.45, 2.75) is 13.3 Å². The van der Waals surface area contributed by atoms with E-state index >= 15 is 0 Å². The first-order valence-electron chi connectivity index (χ1n) is 3.20. The van der Waals surface area contributed by atoms with Gasteiger partial charge in [0.05, 0.1) is 5.69 Å². The predicted octanol–water partition coefficient (Wildman–Crippen LogP) is 1.74. The van der Waals surface area contributed by atoms with Crippen LogP contribution in [0.5, 0.6) is 11.5 Å². The van der Waals surface area contributed by atoms with Crippen LogP contribution < -0.4 is 0 Å². The number of aromatic nitrogens is 1. The number of pyridine rings is 1. The molecule has 1 rings (SSSR count). The fraction of sp³-hybridized carbons (Fsp3) is 0.286. The standard InChI is InChI=1S/C7H7F2NO2/c1-3-4(11)2-5(12)6(10-3)7(8)9/h2,7,11-12H,1H3. The average Bonchev–Trinajstić information content (AvgIpc) is 1.96. The Hall–Kier alpha value is -1.39. The quantitative estimate of drug-likeness (QED) is 0.683. The molecule has 2 N–H and O–H groups in total. The number of aryl methyl sites for hydroxylation is 1. The van der Waals surface area contributed by atoms with Gasteiger partial charge in [0.2, 0.25) is 0 Å². The van der Waals surface area contributed by atoms with E-state index < -0.39 is 17.9 Å². The highest BCUT2D eigenvalue weighted by atomic mass is 19.3. The van der Waals surface area contributed by atoms with E-state index in [-0.39, 0.29) is 11.4 Å². The van der Waals surface area contributed by atoms with Gasteiger partial charge < -0.3 is 10.2 Å². The fourth-order valence-corrected chi connectivity index (χ4v) is 0.764. The summed E-state index contributed by atoms with van der Waals surface area (Å²) in [5.41, 5.74) is -0.631. The molecule has 0 atom stereocenters. The second-order valence-electron chi connectivity index (χ2n) is 2.30. The first-order chi connectivity index (χ1) is 5.52. The van der Waals surface area contributed by atoms with Gasteiger partial charge in [-0.1, -0.05) is 0 Å². The van der Waals surface area contributed by atoms with Crippen LogP contribution >= 0.6 is 0 Å². The topological polar surface area (TPSA) is 53.4 Å². The third kappa shape index (κ3) is 1.44. The number of alkyl halides is 2. The molecule has 1 aromatic rings. The lowest BCUT2D eigenvalue weighted by Gasteiger charge is -2.04. The Morgan fingerprint density at radius 1 is 1.33 bits per heavy atom. The van der Waals surface area contributed by atoms with Gasteiger partial charge >= 0.3 is 0 Å². The normalized spacial score (nSPS) is 10.7. The minimum atomic E-state index is -2.83. The lowest BCUT2D eigenvalue weighted by atomic mass is 10.2. The van der Waals surface area contributed by atoms with Gasteiger partial charge in [-0.15, -0.1) is 0 Å². The minimum absolute atomic E-state index is 0.0723. The minimum Gasteiger partial charge on any atom is -0.506 e. The summed E-state index contributed by atoms with van der Waals surface area (Å²) in [5, 5.41) is 17.8. The fourth-order valence-electron chi connectivity index (χ4n) is 0.764. The molecule has 66 valence electrons. The molecule has 3 nitrogen and oxygen atoms in total. The van der Waals surface area contributed by atoms with Crippen molar-refractivity contribution in [3.8, 4) is 11.5 Å². The summed E-state index contributed by atoms with van der Waals surface area (Å²) >= 11 is 0. The maximum atomic E-state index is 12.0. The van der Waals surface area contributed by atoms with Crippen LogP contribution in [0.25, 0.3) is 0 Å². The third-order valence-electron chi connectivity index (χ3n) is 1.40. The highest BCUT2D eigenvalue weighted by Gasteiger charge is 2.16. The Morgan fingerprint density at radius 3 is 2.42 bits per heavy atom. The summed E-state index contributed by atoms with van der Waals surface area (Å²) in [6, 6.07) is 0.851. The Kier molecular flexibility index (Phi) is 2.12. The predicted molar refractivity (Wildman–Crippen MR) is 37.3 cm³/mol. The molecular formula is C7H7F2NO2. The summed E-state index contributed by atoms with van der Waals surface area (Å²) in [6.07, 6.45) is -2.83. The number of aromatic hydroxyl groups is 2. The third-order valence-corrected chi connectivity index (χ3v) is 1.40. The molecule has 0 radical (unpaired) electrons.